The van der Waals surface area contributed by atoms with Gasteiger partial charge in [0.05, 0.1) is 32.3 Å². The standard InChI is InChI=1S/C34H31BrFN3O6S/c1-20(32(40)38-27-14-13-23(35)17-26(27)36)46-25-12-8-11-24(18-25)37-34(42)28(39-33(41)21-9-6-5-7-10-21)15-22-16-30(44-3)31(45-4)19-29(22)43-2/h5-20H,1-4H3,(H,37,42)(H,38,40)(H,39,41)/b28-15+. The van der Waals surface area contributed by atoms with Crippen molar-refractivity contribution >= 4 is 62.9 Å². The Bertz CT molecular complexity index is 1770. The first kappa shape index (κ1) is 34.1. The summed E-state index contributed by atoms with van der Waals surface area (Å²) in [5, 5.41) is 7.53. The summed E-state index contributed by atoms with van der Waals surface area (Å²) in [7, 11) is 4.45. The molecule has 9 nitrogen and oxygen atoms in total. The molecule has 4 rings (SSSR count). The van der Waals surface area contributed by atoms with Crippen LogP contribution in [0.4, 0.5) is 15.8 Å². The highest BCUT2D eigenvalue weighted by molar-refractivity contribution is 9.10. The van der Waals surface area contributed by atoms with E-state index in [0.29, 0.717) is 43.4 Å². The van der Waals surface area contributed by atoms with Gasteiger partial charge in [-0.05, 0) is 67.6 Å². The van der Waals surface area contributed by atoms with Crippen molar-refractivity contribution in [2.24, 2.45) is 0 Å². The van der Waals surface area contributed by atoms with Gasteiger partial charge in [0.25, 0.3) is 11.8 Å². The van der Waals surface area contributed by atoms with E-state index in [0.717, 1.165) is 0 Å². The normalized spacial score (nSPS) is 11.7. The molecular formula is C34H31BrFN3O6S. The van der Waals surface area contributed by atoms with Crippen LogP contribution in [-0.4, -0.2) is 44.3 Å². The van der Waals surface area contributed by atoms with Crippen LogP contribution in [0, 0.1) is 5.82 Å². The van der Waals surface area contributed by atoms with Gasteiger partial charge >= 0.3 is 0 Å². The molecule has 4 aromatic rings. The fourth-order valence-corrected chi connectivity index (χ4v) is 5.45. The Hall–Kier alpha value is -4.81. The fourth-order valence-electron chi connectivity index (χ4n) is 4.19. The highest BCUT2D eigenvalue weighted by Gasteiger charge is 2.20. The number of hydrogen-bond acceptors (Lipinski definition) is 7. The lowest BCUT2D eigenvalue weighted by atomic mass is 10.1. The largest absolute Gasteiger partial charge is 0.496 e. The van der Waals surface area contributed by atoms with Gasteiger partial charge < -0.3 is 30.2 Å². The zero-order valence-electron chi connectivity index (χ0n) is 25.4. The van der Waals surface area contributed by atoms with E-state index >= 15 is 0 Å². The van der Waals surface area contributed by atoms with Crippen LogP contribution >= 0.6 is 27.7 Å². The molecule has 238 valence electrons. The van der Waals surface area contributed by atoms with E-state index < -0.39 is 28.8 Å². The first-order chi connectivity index (χ1) is 22.1. The van der Waals surface area contributed by atoms with Gasteiger partial charge in [0.15, 0.2) is 11.5 Å². The van der Waals surface area contributed by atoms with Crippen molar-refractivity contribution in [1.29, 1.82) is 0 Å². The van der Waals surface area contributed by atoms with Crippen LogP contribution < -0.4 is 30.2 Å². The molecule has 12 heteroatoms. The third-order valence-electron chi connectivity index (χ3n) is 6.53. The molecule has 0 aliphatic rings. The first-order valence-electron chi connectivity index (χ1n) is 13.8. The van der Waals surface area contributed by atoms with Gasteiger partial charge in [-0.3, -0.25) is 14.4 Å². The lowest BCUT2D eigenvalue weighted by Crippen LogP contribution is -2.30. The number of anilines is 2. The van der Waals surface area contributed by atoms with Crippen LogP contribution in [-0.2, 0) is 9.59 Å². The van der Waals surface area contributed by atoms with E-state index in [-0.39, 0.29) is 11.4 Å². The number of benzene rings is 4. The van der Waals surface area contributed by atoms with Crippen molar-refractivity contribution in [2.45, 2.75) is 17.1 Å². The van der Waals surface area contributed by atoms with Crippen LogP contribution in [0.15, 0.2) is 100.0 Å². The summed E-state index contributed by atoms with van der Waals surface area (Å²) in [5.41, 5.74) is 1.23. The van der Waals surface area contributed by atoms with Gasteiger partial charge in [-0.15, -0.1) is 11.8 Å². The molecule has 0 bridgehead atoms. The molecule has 46 heavy (non-hydrogen) atoms. The van der Waals surface area contributed by atoms with Crippen molar-refractivity contribution < 1.29 is 33.0 Å². The van der Waals surface area contributed by atoms with Gasteiger partial charge in [0, 0.05) is 32.2 Å². The maximum Gasteiger partial charge on any atom is 0.272 e. The topological polar surface area (TPSA) is 115 Å². The highest BCUT2D eigenvalue weighted by Crippen LogP contribution is 2.36. The Morgan fingerprint density at radius 3 is 2.20 bits per heavy atom. The molecule has 0 fully saturated rings. The molecule has 0 heterocycles. The number of ether oxygens (including phenoxy) is 3. The minimum atomic E-state index is -0.611. The van der Waals surface area contributed by atoms with E-state index in [2.05, 4.69) is 31.9 Å². The minimum Gasteiger partial charge on any atom is -0.496 e. The summed E-state index contributed by atoms with van der Waals surface area (Å²) in [6.07, 6.45) is 1.48. The molecule has 0 aromatic heterocycles. The fraction of sp³-hybridized carbons (Fsp3) is 0.147. The predicted molar refractivity (Wildman–Crippen MR) is 181 cm³/mol. The molecule has 0 aliphatic heterocycles. The molecule has 0 saturated carbocycles. The highest BCUT2D eigenvalue weighted by atomic mass is 79.9. The number of methoxy groups -OCH3 is 3. The zero-order valence-corrected chi connectivity index (χ0v) is 27.8. The monoisotopic (exact) mass is 707 g/mol. The summed E-state index contributed by atoms with van der Waals surface area (Å²) in [6, 6.07) is 23.0. The molecule has 3 amide bonds. The van der Waals surface area contributed by atoms with Crippen molar-refractivity contribution in [3.8, 4) is 17.2 Å². The summed E-state index contributed by atoms with van der Waals surface area (Å²) in [4.78, 5) is 40.2. The number of nitrogens with one attached hydrogen (secondary N) is 3. The van der Waals surface area contributed by atoms with Gasteiger partial charge in [-0.2, -0.15) is 0 Å². The Morgan fingerprint density at radius 1 is 0.826 bits per heavy atom. The predicted octanol–water partition coefficient (Wildman–Crippen LogP) is 7.14. The van der Waals surface area contributed by atoms with E-state index in [1.807, 2.05) is 0 Å². The SMILES string of the molecule is COc1cc(OC)c(OC)cc1/C=C(/NC(=O)c1ccccc1)C(=O)Nc1cccc(SC(C)C(=O)Nc2ccc(Br)cc2F)c1. The minimum absolute atomic E-state index is 0.0679. The maximum absolute atomic E-state index is 14.2. The molecule has 3 N–H and O–H groups in total. The second-order valence-electron chi connectivity index (χ2n) is 9.68. The molecule has 0 aliphatic carbocycles. The van der Waals surface area contributed by atoms with Crippen molar-refractivity contribution in [3.05, 3.63) is 112 Å². The zero-order chi connectivity index (χ0) is 33.2. The number of amides is 3. The van der Waals surface area contributed by atoms with E-state index in [1.54, 1.807) is 79.7 Å². The molecule has 1 unspecified atom stereocenters. The first-order valence-corrected chi connectivity index (χ1v) is 15.5. The average Bonchev–Trinajstić information content (AvgIpc) is 3.05. The van der Waals surface area contributed by atoms with E-state index in [9.17, 15) is 18.8 Å². The van der Waals surface area contributed by atoms with Crippen LogP contribution in [0.1, 0.15) is 22.8 Å². The van der Waals surface area contributed by atoms with Gasteiger partial charge in [-0.1, -0.05) is 40.2 Å². The third-order valence-corrected chi connectivity index (χ3v) is 8.11. The average molecular weight is 709 g/mol. The Morgan fingerprint density at radius 2 is 1.52 bits per heavy atom. The summed E-state index contributed by atoms with van der Waals surface area (Å²) >= 11 is 4.43. The quantitative estimate of drug-likeness (QED) is 0.106. The number of halogens is 2. The van der Waals surface area contributed by atoms with Crippen LogP contribution in [0.3, 0.4) is 0 Å². The summed E-state index contributed by atoms with van der Waals surface area (Å²) < 4.78 is 31.1. The van der Waals surface area contributed by atoms with Gasteiger partial charge in [0.2, 0.25) is 5.91 Å². The van der Waals surface area contributed by atoms with E-state index in [1.165, 1.54) is 51.3 Å². The van der Waals surface area contributed by atoms with Gasteiger partial charge in [-0.25, -0.2) is 4.39 Å². The van der Waals surface area contributed by atoms with Crippen molar-refractivity contribution in [1.82, 2.24) is 5.32 Å². The summed E-state index contributed by atoms with van der Waals surface area (Å²) in [6.45, 7) is 1.69. The molecular weight excluding hydrogens is 677 g/mol. The maximum atomic E-state index is 14.2. The Labute approximate surface area is 278 Å². The van der Waals surface area contributed by atoms with Crippen molar-refractivity contribution in [2.75, 3.05) is 32.0 Å². The summed E-state index contributed by atoms with van der Waals surface area (Å²) in [5.74, 6) is -0.848. The van der Waals surface area contributed by atoms with Crippen LogP contribution in [0.25, 0.3) is 6.08 Å². The lowest BCUT2D eigenvalue weighted by Gasteiger charge is -2.15. The Kier molecular flexibility index (Phi) is 11.8. The molecule has 0 radical (unpaired) electrons. The Balaban J connectivity index is 1.57. The molecule has 4 aromatic carbocycles. The number of rotatable bonds is 12. The van der Waals surface area contributed by atoms with Crippen molar-refractivity contribution in [3.63, 3.8) is 0 Å². The van der Waals surface area contributed by atoms with Crippen LogP contribution in [0.5, 0.6) is 17.2 Å². The second-order valence-corrected chi connectivity index (χ2v) is 12.0. The number of hydrogen-bond donors (Lipinski definition) is 3. The van der Waals surface area contributed by atoms with E-state index in [4.69, 9.17) is 14.2 Å². The number of carbonyl (C=O) groups is 3. The molecule has 0 spiro atoms. The van der Waals surface area contributed by atoms with Crippen LogP contribution in [0.2, 0.25) is 0 Å². The second kappa shape index (κ2) is 16.0. The third kappa shape index (κ3) is 8.89. The number of carbonyl (C=O) groups excluding carboxylic acids is 3. The smallest absolute Gasteiger partial charge is 0.272 e. The number of thioether (sulfide) groups is 1. The lowest BCUT2D eigenvalue weighted by molar-refractivity contribution is -0.115. The molecule has 0 saturated heterocycles. The molecule has 1 atom stereocenters. The van der Waals surface area contributed by atoms with Gasteiger partial charge in [0.1, 0.15) is 17.3 Å².